The van der Waals surface area contributed by atoms with Gasteiger partial charge in [-0.1, -0.05) is 6.07 Å². The molecule has 1 atom stereocenters. The summed E-state index contributed by atoms with van der Waals surface area (Å²) < 4.78 is 13.0. The second kappa shape index (κ2) is 6.47. The molecule has 6 nitrogen and oxygen atoms in total. The van der Waals surface area contributed by atoms with E-state index in [-0.39, 0.29) is 5.69 Å². The molecule has 0 saturated heterocycles. The maximum atomic E-state index is 13.0. The van der Waals surface area contributed by atoms with Gasteiger partial charge in [0.1, 0.15) is 11.5 Å². The molecule has 0 spiro atoms. The third kappa shape index (κ3) is 3.75. The molecule has 0 aliphatic heterocycles. The average Bonchev–Trinajstić information content (AvgIpc) is 2.48. The molecule has 0 aliphatic rings. The summed E-state index contributed by atoms with van der Waals surface area (Å²) in [5.74, 6) is -1.69. The topological polar surface area (TPSA) is 105 Å². The predicted molar refractivity (Wildman–Crippen MR) is 76.6 cm³/mol. The molecule has 106 valence electrons. The van der Waals surface area contributed by atoms with E-state index in [0.29, 0.717) is 11.4 Å². The molecular weight excluding hydrogens is 273 g/mol. The Morgan fingerprint density at radius 2 is 2.24 bits per heavy atom. The van der Waals surface area contributed by atoms with Gasteiger partial charge in [-0.2, -0.15) is 0 Å². The minimum Gasteiger partial charge on any atom is -0.364 e. The van der Waals surface area contributed by atoms with E-state index in [0.717, 1.165) is 12.4 Å². The van der Waals surface area contributed by atoms with Crippen LogP contribution in [0.15, 0.2) is 41.7 Å². The number of amides is 1. The number of nitrogens with zero attached hydrogens (tertiary/aromatic N) is 3. The third-order valence-electron chi connectivity index (χ3n) is 2.62. The van der Waals surface area contributed by atoms with Crippen LogP contribution < -0.4 is 5.73 Å². The number of hydrogen-bond donors (Lipinski definition) is 2. The van der Waals surface area contributed by atoms with Gasteiger partial charge < -0.3 is 11.1 Å². The van der Waals surface area contributed by atoms with Gasteiger partial charge in [-0.05, 0) is 12.1 Å². The number of hydrogen-bond acceptors (Lipinski definition) is 5. The number of rotatable bonds is 5. The molecule has 1 amide bonds. The number of carbonyl (C=O) groups is 1. The Bertz CT molecular complexity index is 701. The first-order valence-electron chi connectivity index (χ1n) is 6.02. The fourth-order valence-electron chi connectivity index (χ4n) is 1.62. The first kappa shape index (κ1) is 14.4. The molecule has 0 radical (unpaired) electrons. The minimum absolute atomic E-state index is 0.111. The highest BCUT2D eigenvalue weighted by Crippen LogP contribution is 2.14. The number of aliphatic imine (C=N–C) groups is 1. The Hall–Kier alpha value is -2.96. The Morgan fingerprint density at radius 1 is 1.43 bits per heavy atom. The Balaban J connectivity index is 2.26. The van der Waals surface area contributed by atoms with Crippen molar-refractivity contribution in [1.29, 1.82) is 5.41 Å². The molecule has 0 fully saturated rings. The van der Waals surface area contributed by atoms with Crippen LogP contribution >= 0.6 is 0 Å². The number of primary amides is 1. The largest absolute Gasteiger partial charge is 0.364 e. The summed E-state index contributed by atoms with van der Waals surface area (Å²) >= 11 is 0. The van der Waals surface area contributed by atoms with Crippen LogP contribution in [0.2, 0.25) is 0 Å². The van der Waals surface area contributed by atoms with Crippen LogP contribution in [-0.4, -0.2) is 28.3 Å². The lowest BCUT2D eigenvalue weighted by Crippen LogP contribution is -2.15. The lowest BCUT2D eigenvalue weighted by Gasteiger charge is -2.06. The monoisotopic (exact) mass is 285 g/mol. The quantitative estimate of drug-likeness (QED) is 0.819. The number of aromatic nitrogens is 2. The molecule has 7 heteroatoms. The molecule has 0 aliphatic carbocycles. The summed E-state index contributed by atoms with van der Waals surface area (Å²) in [7, 11) is 0. The van der Waals surface area contributed by atoms with Crippen molar-refractivity contribution < 1.29 is 9.18 Å². The van der Waals surface area contributed by atoms with Gasteiger partial charge in [0.15, 0.2) is 0 Å². The van der Waals surface area contributed by atoms with Crippen LogP contribution in [0.3, 0.4) is 0 Å². The van der Waals surface area contributed by atoms with Gasteiger partial charge in [-0.25, -0.2) is 9.37 Å². The van der Waals surface area contributed by atoms with E-state index in [1.165, 1.54) is 24.5 Å². The normalized spacial score (nSPS) is 12.2. The molecule has 0 aromatic carbocycles. The van der Waals surface area contributed by atoms with Crippen LogP contribution in [0.4, 0.5) is 10.1 Å². The SMILES string of the molecule is N=CC(C=Nc1cncc(F)c1)c1cccc(C(N)=O)n1. The maximum absolute atomic E-state index is 13.0. The van der Waals surface area contributed by atoms with Crippen LogP contribution in [0, 0.1) is 11.2 Å². The highest BCUT2D eigenvalue weighted by molar-refractivity contribution is 5.92. The van der Waals surface area contributed by atoms with Crippen LogP contribution in [0.1, 0.15) is 22.1 Å². The molecular formula is C14H12FN5O. The van der Waals surface area contributed by atoms with E-state index >= 15 is 0 Å². The summed E-state index contributed by atoms with van der Waals surface area (Å²) in [6.45, 7) is 0. The second-order valence-corrected chi connectivity index (χ2v) is 4.14. The minimum atomic E-state index is -0.646. The summed E-state index contributed by atoms with van der Waals surface area (Å²) in [6.07, 6.45) is 5.01. The fraction of sp³-hybridized carbons (Fsp3) is 0.0714. The highest BCUT2D eigenvalue weighted by Gasteiger charge is 2.10. The van der Waals surface area contributed by atoms with Crippen molar-refractivity contribution in [2.45, 2.75) is 5.92 Å². The Kier molecular flexibility index (Phi) is 4.45. The first-order chi connectivity index (χ1) is 10.1. The van der Waals surface area contributed by atoms with Gasteiger partial charge in [0, 0.05) is 18.5 Å². The van der Waals surface area contributed by atoms with Crippen molar-refractivity contribution in [3.05, 3.63) is 53.9 Å². The van der Waals surface area contributed by atoms with Crippen molar-refractivity contribution >= 4 is 24.0 Å². The Morgan fingerprint density at radius 3 is 2.90 bits per heavy atom. The number of pyridine rings is 2. The van der Waals surface area contributed by atoms with Crippen molar-refractivity contribution in [2.75, 3.05) is 0 Å². The van der Waals surface area contributed by atoms with E-state index < -0.39 is 17.6 Å². The highest BCUT2D eigenvalue weighted by atomic mass is 19.1. The molecule has 3 N–H and O–H groups in total. The third-order valence-corrected chi connectivity index (χ3v) is 2.62. The summed E-state index contributed by atoms with van der Waals surface area (Å²) in [6, 6.07) is 5.98. The predicted octanol–water partition coefficient (Wildman–Crippen LogP) is 1.85. The van der Waals surface area contributed by atoms with E-state index in [2.05, 4.69) is 15.0 Å². The summed E-state index contributed by atoms with van der Waals surface area (Å²) in [5, 5.41) is 7.42. The van der Waals surface area contributed by atoms with E-state index in [1.54, 1.807) is 12.1 Å². The molecule has 2 aromatic heterocycles. The summed E-state index contributed by atoms with van der Waals surface area (Å²) in [5.41, 5.74) is 6.06. The number of nitrogens with two attached hydrogens (primary N) is 1. The maximum Gasteiger partial charge on any atom is 0.267 e. The molecule has 0 saturated carbocycles. The summed E-state index contributed by atoms with van der Waals surface area (Å²) in [4.78, 5) is 22.9. The molecule has 2 rings (SSSR count). The van der Waals surface area contributed by atoms with Gasteiger partial charge in [0.05, 0.1) is 29.7 Å². The van der Waals surface area contributed by atoms with Crippen molar-refractivity contribution in [3.63, 3.8) is 0 Å². The standard InChI is InChI=1S/C14H12FN5O/c15-10-4-11(8-18-7-10)19-6-9(5-16)12-2-1-3-13(20-12)14(17)21/h1-9,16H,(H2,17,21). The van der Waals surface area contributed by atoms with Crippen LogP contribution in [0.25, 0.3) is 0 Å². The second-order valence-electron chi connectivity index (χ2n) is 4.14. The van der Waals surface area contributed by atoms with Gasteiger partial charge in [0.25, 0.3) is 5.91 Å². The zero-order valence-electron chi connectivity index (χ0n) is 10.9. The molecule has 2 heterocycles. The van der Waals surface area contributed by atoms with Crippen molar-refractivity contribution in [3.8, 4) is 0 Å². The lowest BCUT2D eigenvalue weighted by atomic mass is 10.1. The number of nitrogens with one attached hydrogen (secondary N) is 1. The van der Waals surface area contributed by atoms with Gasteiger partial charge in [0.2, 0.25) is 0 Å². The molecule has 21 heavy (non-hydrogen) atoms. The van der Waals surface area contributed by atoms with Crippen LogP contribution in [0.5, 0.6) is 0 Å². The van der Waals surface area contributed by atoms with Crippen LogP contribution in [-0.2, 0) is 0 Å². The van der Waals surface area contributed by atoms with Gasteiger partial charge >= 0.3 is 0 Å². The average molecular weight is 285 g/mol. The smallest absolute Gasteiger partial charge is 0.267 e. The molecule has 1 unspecified atom stereocenters. The van der Waals surface area contributed by atoms with Crippen molar-refractivity contribution in [2.24, 2.45) is 10.7 Å². The van der Waals surface area contributed by atoms with Gasteiger partial charge in [-0.15, -0.1) is 0 Å². The van der Waals surface area contributed by atoms with E-state index in [4.69, 9.17) is 11.1 Å². The zero-order chi connectivity index (χ0) is 15.2. The first-order valence-corrected chi connectivity index (χ1v) is 6.02. The lowest BCUT2D eigenvalue weighted by molar-refractivity contribution is 0.0995. The molecule has 2 aromatic rings. The van der Waals surface area contributed by atoms with Gasteiger partial charge in [-0.3, -0.25) is 14.8 Å². The zero-order valence-corrected chi connectivity index (χ0v) is 10.9. The van der Waals surface area contributed by atoms with E-state index in [9.17, 15) is 9.18 Å². The molecule has 0 bridgehead atoms. The van der Waals surface area contributed by atoms with Crippen molar-refractivity contribution in [1.82, 2.24) is 9.97 Å². The fourth-order valence-corrected chi connectivity index (χ4v) is 1.62. The number of carbonyl (C=O) groups excluding carboxylic acids is 1. The van der Waals surface area contributed by atoms with E-state index in [1.807, 2.05) is 0 Å². The number of halogens is 1. The Labute approximate surface area is 120 Å².